The highest BCUT2D eigenvalue weighted by Crippen LogP contribution is 2.39. The first-order chi connectivity index (χ1) is 12.6. The summed E-state index contributed by atoms with van der Waals surface area (Å²) in [7, 11) is 0. The molecule has 1 N–H and O–H groups in total. The molecule has 0 aliphatic carbocycles. The highest BCUT2D eigenvalue weighted by molar-refractivity contribution is 6.36. The van der Waals surface area contributed by atoms with Gasteiger partial charge >= 0.3 is 0 Å². The summed E-state index contributed by atoms with van der Waals surface area (Å²) in [5.74, 6) is -0.683. The van der Waals surface area contributed by atoms with Crippen LogP contribution in [0.5, 0.6) is 0 Å². The van der Waals surface area contributed by atoms with Crippen LogP contribution in [0.3, 0.4) is 0 Å². The summed E-state index contributed by atoms with van der Waals surface area (Å²) in [6, 6.07) is 8.71. The largest absolute Gasteiger partial charge is 0.346 e. The topological polar surface area (TPSA) is 41.6 Å². The summed E-state index contributed by atoms with van der Waals surface area (Å²) in [5, 5.41) is 1.43. The maximum Gasteiger partial charge on any atom is 0.142 e. The van der Waals surface area contributed by atoms with Gasteiger partial charge in [0.1, 0.15) is 11.5 Å². The summed E-state index contributed by atoms with van der Waals surface area (Å²) in [5.41, 5.74) is 4.20. The Morgan fingerprint density at radius 2 is 1.96 bits per heavy atom. The van der Waals surface area contributed by atoms with Crippen LogP contribution >= 0.6 is 23.2 Å². The Morgan fingerprint density at radius 3 is 2.73 bits per heavy atom. The third kappa shape index (κ3) is 2.85. The molecule has 3 aromatic heterocycles. The third-order valence-corrected chi connectivity index (χ3v) is 5.25. The molecule has 0 amide bonds. The number of nitrogens with zero attached hydrogens (tertiary/aromatic N) is 2. The molecule has 3 heterocycles. The van der Waals surface area contributed by atoms with Crippen molar-refractivity contribution in [3.05, 3.63) is 82.1 Å². The van der Waals surface area contributed by atoms with Crippen LogP contribution in [0.4, 0.5) is 4.39 Å². The van der Waals surface area contributed by atoms with Crippen LogP contribution in [-0.2, 0) is 0 Å². The van der Waals surface area contributed by atoms with E-state index in [2.05, 4.69) is 15.0 Å². The van der Waals surface area contributed by atoms with E-state index in [9.17, 15) is 4.39 Å². The molecule has 0 aliphatic rings. The highest BCUT2D eigenvalue weighted by Gasteiger charge is 2.21. The summed E-state index contributed by atoms with van der Waals surface area (Å²) < 4.78 is 13.9. The van der Waals surface area contributed by atoms with Crippen molar-refractivity contribution < 1.29 is 4.39 Å². The van der Waals surface area contributed by atoms with Crippen molar-refractivity contribution in [2.24, 2.45) is 0 Å². The van der Waals surface area contributed by atoms with E-state index in [0.29, 0.717) is 10.6 Å². The average Bonchev–Trinajstić information content (AvgIpc) is 3.09. The van der Waals surface area contributed by atoms with E-state index in [1.807, 2.05) is 31.3 Å². The maximum absolute atomic E-state index is 13.9. The quantitative estimate of drug-likeness (QED) is 0.425. The van der Waals surface area contributed by atoms with Gasteiger partial charge in [-0.25, -0.2) is 9.37 Å². The molecule has 26 heavy (non-hydrogen) atoms. The molecule has 1 unspecified atom stereocenters. The zero-order valence-corrected chi connectivity index (χ0v) is 15.3. The number of hydrogen-bond acceptors (Lipinski definition) is 2. The van der Waals surface area contributed by atoms with Gasteiger partial charge in [0.2, 0.25) is 0 Å². The molecule has 0 saturated heterocycles. The lowest BCUT2D eigenvalue weighted by Gasteiger charge is -2.15. The number of aromatic amines is 1. The first-order valence-electron chi connectivity index (χ1n) is 8.07. The predicted molar refractivity (Wildman–Crippen MR) is 103 cm³/mol. The van der Waals surface area contributed by atoms with Crippen molar-refractivity contribution in [3.63, 3.8) is 0 Å². The molecular weight excluding hydrogens is 372 g/mol. The summed E-state index contributed by atoms with van der Waals surface area (Å²) >= 11 is 12.5. The highest BCUT2D eigenvalue weighted by atomic mass is 35.5. The minimum Gasteiger partial charge on any atom is -0.346 e. The predicted octanol–water partition coefficient (Wildman–Crippen LogP) is 6.22. The Kier molecular flexibility index (Phi) is 4.39. The fourth-order valence-corrected chi connectivity index (χ4v) is 3.87. The Hall–Kier alpha value is -2.43. The molecule has 0 saturated carbocycles. The lowest BCUT2D eigenvalue weighted by molar-refractivity contribution is 0.625. The van der Waals surface area contributed by atoms with Gasteiger partial charge in [-0.2, -0.15) is 0 Å². The van der Waals surface area contributed by atoms with E-state index in [-0.39, 0.29) is 10.9 Å². The van der Waals surface area contributed by atoms with Crippen molar-refractivity contribution in [1.82, 2.24) is 15.0 Å². The van der Waals surface area contributed by atoms with E-state index < -0.39 is 5.82 Å². The first-order valence-corrected chi connectivity index (χ1v) is 8.82. The number of aromatic nitrogens is 3. The van der Waals surface area contributed by atoms with Crippen molar-refractivity contribution in [3.8, 4) is 11.1 Å². The minimum absolute atomic E-state index is 0.0516. The molecule has 1 atom stereocenters. The van der Waals surface area contributed by atoms with Crippen LogP contribution < -0.4 is 0 Å². The van der Waals surface area contributed by atoms with Crippen LogP contribution in [0.25, 0.3) is 22.2 Å². The SMILES string of the molecule is CC(c1c(Cl)ccc(F)c1Cl)c1c[nH]c2ncc(-c3cccnc3)cc12. The Morgan fingerprint density at radius 1 is 1.12 bits per heavy atom. The van der Waals surface area contributed by atoms with E-state index in [1.165, 1.54) is 12.1 Å². The molecule has 4 aromatic rings. The fraction of sp³-hybridized carbons (Fsp3) is 0.100. The number of H-pyrrole nitrogens is 1. The molecule has 0 radical (unpaired) electrons. The lowest BCUT2D eigenvalue weighted by Crippen LogP contribution is -1.99. The molecular formula is C20H14Cl2FN3. The second-order valence-electron chi connectivity index (χ2n) is 6.08. The summed E-state index contributed by atoms with van der Waals surface area (Å²) in [6.45, 7) is 1.95. The number of benzene rings is 1. The number of nitrogens with one attached hydrogen (secondary N) is 1. The molecule has 0 fully saturated rings. The fourth-order valence-electron chi connectivity index (χ4n) is 3.17. The van der Waals surface area contributed by atoms with E-state index in [0.717, 1.165) is 27.7 Å². The zero-order chi connectivity index (χ0) is 18.3. The van der Waals surface area contributed by atoms with Gasteiger partial charge in [0.25, 0.3) is 0 Å². The zero-order valence-electron chi connectivity index (χ0n) is 13.8. The van der Waals surface area contributed by atoms with Crippen LogP contribution in [-0.4, -0.2) is 15.0 Å². The van der Waals surface area contributed by atoms with Crippen LogP contribution in [0.2, 0.25) is 10.0 Å². The smallest absolute Gasteiger partial charge is 0.142 e. The number of pyridine rings is 2. The summed E-state index contributed by atoms with van der Waals surface area (Å²) in [4.78, 5) is 11.8. The van der Waals surface area contributed by atoms with Crippen LogP contribution in [0, 0.1) is 5.82 Å². The monoisotopic (exact) mass is 385 g/mol. The Labute approximate surface area is 159 Å². The van der Waals surface area contributed by atoms with E-state index >= 15 is 0 Å². The molecule has 130 valence electrons. The Balaban J connectivity index is 1.86. The van der Waals surface area contributed by atoms with E-state index in [1.54, 1.807) is 18.6 Å². The van der Waals surface area contributed by atoms with Gasteiger partial charge in [-0.1, -0.05) is 36.2 Å². The maximum atomic E-state index is 13.9. The molecule has 0 aliphatic heterocycles. The Bertz CT molecular complexity index is 1090. The lowest BCUT2D eigenvalue weighted by atomic mass is 9.92. The van der Waals surface area contributed by atoms with Gasteiger partial charge in [-0.15, -0.1) is 0 Å². The molecule has 0 bridgehead atoms. The number of halogens is 3. The minimum atomic E-state index is -0.480. The normalized spacial score (nSPS) is 12.5. The van der Waals surface area contributed by atoms with Crippen molar-refractivity contribution in [2.45, 2.75) is 12.8 Å². The number of rotatable bonds is 3. The van der Waals surface area contributed by atoms with Crippen molar-refractivity contribution in [1.29, 1.82) is 0 Å². The molecule has 0 spiro atoms. The standard InChI is InChI=1S/C20H14Cl2FN3/c1-11(18-16(21)4-5-17(23)19(18)22)15-10-26-20-14(15)7-13(9-25-20)12-3-2-6-24-8-12/h2-11H,1H3,(H,25,26). The van der Waals surface area contributed by atoms with Crippen LogP contribution in [0.1, 0.15) is 24.0 Å². The third-order valence-electron chi connectivity index (χ3n) is 4.54. The van der Waals surface area contributed by atoms with Gasteiger partial charge in [0.15, 0.2) is 0 Å². The van der Waals surface area contributed by atoms with Crippen molar-refractivity contribution in [2.75, 3.05) is 0 Å². The molecule has 1 aromatic carbocycles. The molecule has 4 rings (SSSR count). The number of fused-ring (bicyclic) bond motifs is 1. The van der Waals surface area contributed by atoms with Crippen LogP contribution in [0.15, 0.2) is 55.1 Å². The van der Waals surface area contributed by atoms with E-state index in [4.69, 9.17) is 23.2 Å². The second kappa shape index (κ2) is 6.71. The van der Waals surface area contributed by atoms with Gasteiger partial charge in [0.05, 0.1) is 5.02 Å². The first kappa shape index (κ1) is 17.0. The van der Waals surface area contributed by atoms with Gasteiger partial charge in [-0.05, 0) is 35.4 Å². The summed E-state index contributed by atoms with van der Waals surface area (Å²) in [6.07, 6.45) is 7.19. The molecule has 3 nitrogen and oxygen atoms in total. The molecule has 6 heteroatoms. The number of hydrogen-bond donors (Lipinski definition) is 1. The van der Waals surface area contributed by atoms with Crippen molar-refractivity contribution >= 4 is 34.2 Å². The average molecular weight is 386 g/mol. The second-order valence-corrected chi connectivity index (χ2v) is 6.87. The van der Waals surface area contributed by atoms with Gasteiger partial charge in [-0.3, -0.25) is 4.98 Å². The van der Waals surface area contributed by atoms with Gasteiger partial charge in [0, 0.05) is 52.2 Å². The van der Waals surface area contributed by atoms with Gasteiger partial charge < -0.3 is 4.98 Å².